The van der Waals surface area contributed by atoms with Crippen molar-refractivity contribution in [3.05, 3.63) is 53.1 Å². The predicted molar refractivity (Wildman–Crippen MR) is 90.2 cm³/mol. The maximum absolute atomic E-state index is 5.99. The highest BCUT2D eigenvalue weighted by Crippen LogP contribution is 2.21. The molecule has 2 N–H and O–H groups in total. The van der Waals surface area contributed by atoms with Crippen LogP contribution in [0.1, 0.15) is 5.56 Å². The topological polar surface area (TPSA) is 67.2 Å². The summed E-state index contributed by atoms with van der Waals surface area (Å²) >= 11 is 5.99. The summed E-state index contributed by atoms with van der Waals surface area (Å²) in [6.45, 7) is 0.602. The highest BCUT2D eigenvalue weighted by atomic mass is 35.5. The van der Waals surface area contributed by atoms with Crippen LogP contribution in [-0.2, 0) is 6.54 Å². The largest absolute Gasteiger partial charge is 0.496 e. The Kier molecular flexibility index (Phi) is 3.31. The lowest BCUT2D eigenvalue weighted by molar-refractivity contribution is 0.410. The number of aromatic nitrogens is 4. The van der Waals surface area contributed by atoms with Crippen LogP contribution in [0.5, 0.6) is 5.75 Å². The van der Waals surface area contributed by atoms with E-state index in [9.17, 15) is 0 Å². The minimum absolute atomic E-state index is 0.602. The van der Waals surface area contributed by atoms with Gasteiger partial charge in [0.05, 0.1) is 18.1 Å². The van der Waals surface area contributed by atoms with Crippen LogP contribution in [0, 0.1) is 0 Å². The molecule has 7 heteroatoms. The van der Waals surface area contributed by atoms with Crippen LogP contribution in [0.25, 0.3) is 16.8 Å². The fourth-order valence-electron chi connectivity index (χ4n) is 2.56. The van der Waals surface area contributed by atoms with E-state index in [0.29, 0.717) is 23.3 Å². The minimum atomic E-state index is 0.602. The summed E-state index contributed by atoms with van der Waals surface area (Å²) in [7, 11) is 1.66. The van der Waals surface area contributed by atoms with Crippen molar-refractivity contribution in [3.63, 3.8) is 0 Å². The van der Waals surface area contributed by atoms with Crippen LogP contribution in [-0.4, -0.2) is 26.7 Å². The van der Waals surface area contributed by atoms with E-state index in [1.54, 1.807) is 7.11 Å². The molecule has 0 aliphatic heterocycles. The van der Waals surface area contributed by atoms with E-state index in [-0.39, 0.29) is 0 Å². The van der Waals surface area contributed by atoms with Gasteiger partial charge in [-0.15, -0.1) is 0 Å². The molecule has 23 heavy (non-hydrogen) atoms. The molecule has 6 nitrogen and oxygen atoms in total. The fourth-order valence-corrected chi connectivity index (χ4v) is 2.73. The van der Waals surface area contributed by atoms with Crippen LogP contribution in [0.3, 0.4) is 0 Å². The Morgan fingerprint density at radius 3 is 2.96 bits per heavy atom. The van der Waals surface area contributed by atoms with Crippen molar-refractivity contribution in [2.24, 2.45) is 0 Å². The molecule has 116 valence electrons. The highest BCUT2D eigenvalue weighted by Gasteiger charge is 2.10. The number of H-pyrrole nitrogens is 1. The lowest BCUT2D eigenvalue weighted by atomic mass is 10.2. The average Bonchev–Trinajstić information content (AvgIpc) is 3.09. The monoisotopic (exact) mass is 327 g/mol. The van der Waals surface area contributed by atoms with E-state index >= 15 is 0 Å². The molecule has 0 spiro atoms. The van der Waals surface area contributed by atoms with E-state index in [1.165, 1.54) is 0 Å². The van der Waals surface area contributed by atoms with Crippen molar-refractivity contribution in [1.29, 1.82) is 0 Å². The predicted octanol–water partition coefficient (Wildman–Crippen LogP) is 3.48. The number of benzene rings is 2. The summed E-state index contributed by atoms with van der Waals surface area (Å²) in [4.78, 5) is 8.91. The third-order valence-electron chi connectivity index (χ3n) is 3.67. The van der Waals surface area contributed by atoms with Gasteiger partial charge in [0, 0.05) is 17.1 Å². The van der Waals surface area contributed by atoms with Crippen molar-refractivity contribution >= 4 is 34.4 Å². The number of imidazole rings is 1. The fraction of sp³-hybridized carbons (Fsp3) is 0.125. The Morgan fingerprint density at radius 2 is 2.09 bits per heavy atom. The summed E-state index contributed by atoms with van der Waals surface area (Å²) in [5, 5.41) is 7.11. The zero-order chi connectivity index (χ0) is 15.8. The van der Waals surface area contributed by atoms with Crippen LogP contribution in [0.4, 0.5) is 5.95 Å². The van der Waals surface area contributed by atoms with Gasteiger partial charge in [-0.1, -0.05) is 29.8 Å². The standard InChI is InChI=1S/C16H14ClN5O/c1-23-14-5-3-2-4-10(14)9-18-15-20-16-19-12-8-11(17)6-7-13(12)22(16)21-15/h2-8H,9H2,1H3,(H2,18,19,20,21). The number of ether oxygens (including phenoxy) is 1. The van der Waals surface area contributed by atoms with E-state index in [4.69, 9.17) is 16.3 Å². The Bertz CT molecular complexity index is 991. The van der Waals surface area contributed by atoms with Crippen LogP contribution < -0.4 is 10.1 Å². The van der Waals surface area contributed by atoms with Crippen molar-refractivity contribution < 1.29 is 4.74 Å². The summed E-state index contributed by atoms with van der Waals surface area (Å²) < 4.78 is 7.18. The number of aromatic amines is 1. The maximum Gasteiger partial charge on any atom is 0.253 e. The summed E-state index contributed by atoms with van der Waals surface area (Å²) in [5.41, 5.74) is 2.80. The van der Waals surface area contributed by atoms with E-state index in [1.807, 2.05) is 47.0 Å². The quantitative estimate of drug-likeness (QED) is 0.602. The second kappa shape index (κ2) is 5.48. The molecule has 2 aromatic heterocycles. The number of fused-ring (bicyclic) bond motifs is 3. The van der Waals surface area contributed by atoms with Gasteiger partial charge in [-0.05, 0) is 24.3 Å². The van der Waals surface area contributed by atoms with E-state index < -0.39 is 0 Å². The minimum Gasteiger partial charge on any atom is -0.496 e. The van der Waals surface area contributed by atoms with Gasteiger partial charge in [-0.2, -0.15) is 4.98 Å². The number of halogens is 1. The molecule has 0 saturated heterocycles. The lowest BCUT2D eigenvalue weighted by Crippen LogP contribution is -2.03. The zero-order valence-corrected chi connectivity index (χ0v) is 13.1. The van der Waals surface area contributed by atoms with Gasteiger partial charge in [-0.25, -0.2) is 9.50 Å². The molecule has 0 amide bonds. The first-order valence-electron chi connectivity index (χ1n) is 7.14. The first-order chi connectivity index (χ1) is 11.2. The number of nitrogens with one attached hydrogen (secondary N) is 2. The average molecular weight is 328 g/mol. The van der Waals surface area contributed by atoms with Gasteiger partial charge in [0.15, 0.2) is 0 Å². The van der Waals surface area contributed by atoms with Crippen molar-refractivity contribution in [1.82, 2.24) is 19.6 Å². The molecule has 0 unspecified atom stereocenters. The Morgan fingerprint density at radius 1 is 1.22 bits per heavy atom. The number of hydrogen-bond acceptors (Lipinski definition) is 4. The Labute approximate surface area is 137 Å². The number of nitrogens with zero attached hydrogens (tertiary/aromatic N) is 3. The molecule has 0 fully saturated rings. The third kappa shape index (κ3) is 2.47. The molecule has 2 heterocycles. The molecule has 0 atom stereocenters. The molecule has 4 rings (SSSR count). The molecule has 4 aromatic rings. The number of para-hydroxylation sites is 1. The van der Waals surface area contributed by atoms with Crippen molar-refractivity contribution in [3.8, 4) is 5.75 Å². The lowest BCUT2D eigenvalue weighted by Gasteiger charge is -2.08. The summed E-state index contributed by atoms with van der Waals surface area (Å²) in [5.74, 6) is 2.09. The number of hydrogen-bond donors (Lipinski definition) is 2. The Balaban J connectivity index is 1.62. The molecule has 0 aliphatic carbocycles. The highest BCUT2D eigenvalue weighted by molar-refractivity contribution is 6.31. The SMILES string of the molecule is COc1ccccc1CNc1nc2nc3cc(Cl)ccc3n2[nH]1. The molecule has 2 aromatic carbocycles. The second-order valence-corrected chi connectivity index (χ2v) is 5.55. The molecule has 0 radical (unpaired) electrons. The Hall–Kier alpha value is -2.73. The van der Waals surface area contributed by atoms with Crippen molar-refractivity contribution in [2.75, 3.05) is 12.4 Å². The van der Waals surface area contributed by atoms with Gasteiger partial charge in [0.25, 0.3) is 5.78 Å². The van der Waals surface area contributed by atoms with Gasteiger partial charge in [-0.3, -0.25) is 5.10 Å². The number of methoxy groups -OCH3 is 1. The summed E-state index contributed by atoms with van der Waals surface area (Å²) in [6.07, 6.45) is 0. The van der Waals surface area contributed by atoms with Crippen LogP contribution >= 0.6 is 11.6 Å². The summed E-state index contributed by atoms with van der Waals surface area (Å²) in [6, 6.07) is 13.4. The third-order valence-corrected chi connectivity index (χ3v) is 3.90. The molecule has 0 saturated carbocycles. The molecular weight excluding hydrogens is 314 g/mol. The normalized spacial score (nSPS) is 11.2. The number of anilines is 1. The molecular formula is C16H14ClN5O. The smallest absolute Gasteiger partial charge is 0.253 e. The number of rotatable bonds is 4. The maximum atomic E-state index is 5.99. The zero-order valence-electron chi connectivity index (χ0n) is 12.4. The van der Waals surface area contributed by atoms with E-state index in [0.717, 1.165) is 22.3 Å². The van der Waals surface area contributed by atoms with Crippen LogP contribution in [0.2, 0.25) is 5.02 Å². The van der Waals surface area contributed by atoms with Gasteiger partial charge in [0.2, 0.25) is 5.95 Å². The van der Waals surface area contributed by atoms with E-state index in [2.05, 4.69) is 20.4 Å². The first kappa shape index (κ1) is 13.9. The first-order valence-corrected chi connectivity index (χ1v) is 7.52. The van der Waals surface area contributed by atoms with Gasteiger partial charge >= 0.3 is 0 Å². The van der Waals surface area contributed by atoms with Crippen LogP contribution in [0.15, 0.2) is 42.5 Å². The van der Waals surface area contributed by atoms with Gasteiger partial charge < -0.3 is 10.1 Å². The molecule has 0 bridgehead atoms. The van der Waals surface area contributed by atoms with Crippen molar-refractivity contribution in [2.45, 2.75) is 6.54 Å². The molecule has 0 aliphatic rings. The second-order valence-electron chi connectivity index (χ2n) is 5.12. The van der Waals surface area contributed by atoms with Gasteiger partial charge in [0.1, 0.15) is 5.75 Å².